The van der Waals surface area contributed by atoms with E-state index in [2.05, 4.69) is 250 Å². The zero-order chi connectivity index (χ0) is 84.7. The lowest BCUT2D eigenvalue weighted by Gasteiger charge is -2.22. The normalized spacial score (nSPS) is 12.0. The summed E-state index contributed by atoms with van der Waals surface area (Å²) in [4.78, 5) is 15.1. The largest absolute Gasteiger partial charge is 0.309 e. The summed E-state index contributed by atoms with van der Waals surface area (Å²) in [5.74, 6) is 0. The van der Waals surface area contributed by atoms with Crippen molar-refractivity contribution in [2.24, 2.45) is 0 Å². The Morgan fingerprint density at radius 3 is 0.921 bits per heavy atom. The molecular formula is C115H77N6O3P3. The average molecular weight is 1680 g/mol. The van der Waals surface area contributed by atoms with Crippen molar-refractivity contribution in [1.29, 1.82) is 0 Å². The van der Waals surface area contributed by atoms with E-state index in [9.17, 15) is 9.13 Å². The third-order valence-corrected chi connectivity index (χ3v) is 34.4. The van der Waals surface area contributed by atoms with Gasteiger partial charge in [-0.15, -0.1) is 0 Å². The summed E-state index contributed by atoms with van der Waals surface area (Å²) in [6.07, 6.45) is 0. The van der Waals surface area contributed by atoms with Gasteiger partial charge in [-0.25, -0.2) is 15.0 Å². The zero-order valence-electron chi connectivity index (χ0n) is 68.7. The van der Waals surface area contributed by atoms with Gasteiger partial charge in [0, 0.05) is 80.1 Å². The Morgan fingerprint density at radius 1 is 0.165 bits per heavy atom. The number of para-hydroxylation sites is 7. The molecule has 0 saturated carbocycles. The monoisotopic (exact) mass is 1680 g/mol. The predicted octanol–water partition coefficient (Wildman–Crippen LogP) is 25.5. The van der Waals surface area contributed by atoms with Crippen molar-refractivity contribution in [2.75, 3.05) is 0 Å². The van der Waals surface area contributed by atoms with Crippen LogP contribution in [-0.4, -0.2) is 28.2 Å². The van der Waals surface area contributed by atoms with Gasteiger partial charge in [0.25, 0.3) is 0 Å². The lowest BCUT2D eigenvalue weighted by molar-refractivity contribution is 0.591. The molecule has 6 heterocycles. The molecule has 6 aromatic heterocycles. The van der Waals surface area contributed by atoms with Gasteiger partial charge in [-0.2, -0.15) is 0 Å². The number of pyridine rings is 3. The molecule has 0 aliphatic carbocycles. The van der Waals surface area contributed by atoms with Crippen molar-refractivity contribution in [3.05, 3.63) is 467 Å². The minimum Gasteiger partial charge on any atom is -0.309 e. The molecule has 0 saturated heterocycles. The number of imidazole rings is 3. The van der Waals surface area contributed by atoms with Gasteiger partial charge in [0.05, 0.1) is 49.7 Å². The molecule has 25 rings (SSSR count). The SMILES string of the molecule is O=P(c1ccccc1)(c1ccccc1)c1ccc(-c2ccc3c(c2)c2ccccc2c2nc4ccccc4n32)cc1.O=P(c1ccccc1)(c1ccccc1)c1ccc(-c2ccc3c4ccccc4c4nc5ccccc5n4c3c2)cc1.O=P(c1ccccc1)(c1ccccc1)c1cccc2c(-c3ccc4c(c3)c3ccccc3n3c5ccccc5nc43)cccc12. The van der Waals surface area contributed by atoms with Gasteiger partial charge in [0.2, 0.25) is 0 Å². The van der Waals surface area contributed by atoms with Crippen molar-refractivity contribution in [3.8, 4) is 33.4 Å². The van der Waals surface area contributed by atoms with E-state index in [1.165, 1.54) is 32.3 Å². The molecule has 0 fully saturated rings. The standard InChI is InChI=1S/C41H27N2OP.2C37H25N2OP/c44-45(29-13-3-1-4-14-29,30-15-5-2-6-16-30)40-24-12-19-32-31(18-11-20-34(32)40)28-25-26-35-36(27-28)33-17-7-9-22-38(33)43-39-23-10-8-21-37(39)42-41(35)43;40-41(28-11-3-1-4-12-28,29-13-5-2-6-14-29)30-22-19-26(20-23-30)27-21-24-32-31-15-7-8-16-33(31)37-38-34-17-9-10-18-35(34)39(37)36(32)25-27;40-41(28-11-3-1-4-12-28,29-13-5-2-6-14-29)30-22-19-26(20-23-30)27-21-24-35-33(25-27)31-15-7-8-16-32(31)37-38-34-17-9-10-18-36(34)39(35)37/h1-27H;2*1-25H. The van der Waals surface area contributed by atoms with E-state index in [1.54, 1.807) is 0 Å². The fraction of sp³-hybridized carbons (Fsp3) is 0. The lowest BCUT2D eigenvalue weighted by Crippen LogP contribution is -2.25. The number of hydrogen-bond donors (Lipinski definition) is 0. The van der Waals surface area contributed by atoms with E-state index < -0.39 is 21.4 Å². The second-order valence-electron chi connectivity index (χ2n) is 32.2. The topological polar surface area (TPSA) is 103 Å². The molecule has 0 atom stereocenters. The molecule has 0 N–H and O–H groups in total. The maximum absolute atomic E-state index is 15.4. The van der Waals surface area contributed by atoms with Crippen molar-refractivity contribution in [1.82, 2.24) is 28.2 Å². The maximum Gasteiger partial charge on any atom is 0.171 e. The van der Waals surface area contributed by atoms with Gasteiger partial charge in [-0.3, -0.25) is 13.2 Å². The van der Waals surface area contributed by atoms with Gasteiger partial charge in [-0.1, -0.05) is 394 Å². The van der Waals surface area contributed by atoms with Gasteiger partial charge in [-0.05, 0) is 133 Å². The van der Waals surface area contributed by atoms with Crippen LogP contribution in [0, 0.1) is 0 Å². The lowest BCUT2D eigenvalue weighted by atomic mass is 9.95. The Kier molecular flexibility index (Phi) is 18.9. The summed E-state index contributed by atoms with van der Waals surface area (Å²) in [5.41, 5.74) is 19.2. The number of aromatic nitrogens is 6. The van der Waals surface area contributed by atoms with Crippen LogP contribution in [-0.2, 0) is 13.7 Å². The van der Waals surface area contributed by atoms with Crippen molar-refractivity contribution in [3.63, 3.8) is 0 Å². The van der Waals surface area contributed by atoms with E-state index in [1.807, 2.05) is 231 Å². The quantitative estimate of drug-likeness (QED) is 0.0892. The minimum absolute atomic E-state index is 0.827. The molecule has 127 heavy (non-hydrogen) atoms. The number of nitrogens with zero attached hydrogens (tertiary/aromatic N) is 6. The Labute approximate surface area is 732 Å². The van der Waals surface area contributed by atoms with Gasteiger partial charge < -0.3 is 13.7 Å². The van der Waals surface area contributed by atoms with Crippen LogP contribution in [0.3, 0.4) is 0 Å². The van der Waals surface area contributed by atoms with E-state index in [0.717, 1.165) is 175 Å². The van der Waals surface area contributed by atoms with Crippen LogP contribution >= 0.6 is 21.4 Å². The number of hydrogen-bond acceptors (Lipinski definition) is 6. The molecule has 600 valence electrons. The molecule has 25 aromatic rings. The van der Waals surface area contributed by atoms with Crippen LogP contribution in [0.4, 0.5) is 0 Å². The van der Waals surface area contributed by atoms with Crippen molar-refractivity contribution >= 4 is 195 Å². The van der Waals surface area contributed by atoms with Crippen molar-refractivity contribution in [2.45, 2.75) is 0 Å². The molecule has 0 amide bonds. The summed E-state index contributed by atoms with van der Waals surface area (Å²) in [5, 5.41) is 20.1. The molecular weight excluding hydrogens is 1610 g/mol. The maximum atomic E-state index is 15.4. The Bertz CT molecular complexity index is 8660. The Hall–Kier alpha value is -15.5. The highest BCUT2D eigenvalue weighted by Gasteiger charge is 2.34. The van der Waals surface area contributed by atoms with E-state index in [4.69, 9.17) is 15.0 Å². The fourth-order valence-corrected chi connectivity index (χ4v) is 27.3. The average Bonchev–Trinajstić information content (AvgIpc) is 1.66. The van der Waals surface area contributed by atoms with Crippen LogP contribution in [0.25, 0.3) is 159 Å². The highest BCUT2D eigenvalue weighted by molar-refractivity contribution is 7.86. The highest BCUT2D eigenvalue weighted by Crippen LogP contribution is 2.49. The Morgan fingerprint density at radius 2 is 0.457 bits per heavy atom. The van der Waals surface area contributed by atoms with Gasteiger partial charge >= 0.3 is 0 Å². The van der Waals surface area contributed by atoms with E-state index >= 15 is 4.57 Å². The van der Waals surface area contributed by atoms with Gasteiger partial charge in [0.1, 0.15) is 16.9 Å². The summed E-state index contributed by atoms with van der Waals surface area (Å²) < 4.78 is 51.8. The highest BCUT2D eigenvalue weighted by atomic mass is 31.2. The summed E-state index contributed by atoms with van der Waals surface area (Å²) in [6, 6.07) is 159. The first kappa shape index (κ1) is 76.4. The smallest absolute Gasteiger partial charge is 0.171 e. The summed E-state index contributed by atoms with van der Waals surface area (Å²) in [7, 11) is -9.19. The van der Waals surface area contributed by atoms with E-state index in [0.29, 0.717) is 0 Å². The van der Waals surface area contributed by atoms with Crippen LogP contribution < -0.4 is 47.7 Å². The molecule has 0 aliphatic heterocycles. The summed E-state index contributed by atoms with van der Waals surface area (Å²) >= 11 is 0. The van der Waals surface area contributed by atoms with Crippen LogP contribution in [0.15, 0.2) is 467 Å². The molecule has 19 aromatic carbocycles. The first-order valence-corrected chi connectivity index (χ1v) is 47.8. The van der Waals surface area contributed by atoms with E-state index in [-0.39, 0.29) is 0 Å². The van der Waals surface area contributed by atoms with Crippen LogP contribution in [0.1, 0.15) is 0 Å². The minimum atomic E-state index is -3.16. The molecule has 0 unspecified atom stereocenters. The number of benzene rings is 19. The molecule has 0 radical (unpaired) electrons. The number of rotatable bonds is 12. The zero-order valence-corrected chi connectivity index (χ0v) is 71.4. The third kappa shape index (κ3) is 12.8. The third-order valence-electron chi connectivity index (χ3n) is 25.2. The number of fused-ring (bicyclic) bond motifs is 25. The molecule has 12 heteroatoms. The first-order valence-electron chi connectivity index (χ1n) is 42.7. The first-order chi connectivity index (χ1) is 62.6. The second-order valence-corrected chi connectivity index (χ2v) is 40.5. The fourth-order valence-electron chi connectivity index (χ4n) is 19.2. The molecule has 0 bridgehead atoms. The molecule has 0 aliphatic rings. The van der Waals surface area contributed by atoms with Crippen molar-refractivity contribution < 1.29 is 13.7 Å². The van der Waals surface area contributed by atoms with Gasteiger partial charge in [0.15, 0.2) is 21.4 Å². The Balaban J connectivity index is 0.000000109. The van der Waals surface area contributed by atoms with Crippen LogP contribution in [0.2, 0.25) is 0 Å². The van der Waals surface area contributed by atoms with Crippen LogP contribution in [0.5, 0.6) is 0 Å². The summed E-state index contributed by atoms with van der Waals surface area (Å²) in [6.45, 7) is 0. The second kappa shape index (κ2) is 31.4. The molecule has 0 spiro atoms. The predicted molar refractivity (Wildman–Crippen MR) is 535 cm³/mol. The molecule has 9 nitrogen and oxygen atoms in total.